The molecule has 480 valence electrons. The van der Waals surface area contributed by atoms with Gasteiger partial charge in [0.25, 0.3) is 0 Å². The Labute approximate surface area is 492 Å². The molecule has 0 aromatic rings. The predicted molar refractivity (Wildman–Crippen MR) is 321 cm³/mol. The minimum atomic E-state index is -4.94. The highest BCUT2D eigenvalue weighted by atomic mass is 31.2. The quantitative estimate of drug-likeness (QED) is 0.0222. The molecule has 0 aliphatic heterocycles. The van der Waals surface area contributed by atoms with E-state index < -0.39 is 97.5 Å². The molecule has 0 aliphatic carbocycles. The lowest BCUT2D eigenvalue weighted by Gasteiger charge is -2.21. The summed E-state index contributed by atoms with van der Waals surface area (Å²) >= 11 is 0. The summed E-state index contributed by atoms with van der Waals surface area (Å²) in [6.07, 6.45) is 31.1. The second-order valence-electron chi connectivity index (χ2n) is 24.3. The van der Waals surface area contributed by atoms with Gasteiger partial charge in [-0.15, -0.1) is 0 Å². The Kier molecular flexibility index (Phi) is 51.1. The SMILES string of the molecule is CC(C)CCCCCCCCCCCC(=O)OC[C@H](COP(=O)(O)OC[C@@H](O)COP(=O)(O)OC[C@@H](COC(=O)CCCCCCCCC(C)C)OC(=O)CCCCCCCCCC(C)C)OC(=O)CCCCCCCCCC(C)C. The van der Waals surface area contributed by atoms with Crippen molar-refractivity contribution in [3.05, 3.63) is 0 Å². The molecule has 0 spiro atoms. The van der Waals surface area contributed by atoms with Gasteiger partial charge in [-0.05, 0) is 49.4 Å². The minimum Gasteiger partial charge on any atom is -0.462 e. The molecule has 81 heavy (non-hydrogen) atoms. The zero-order valence-corrected chi connectivity index (χ0v) is 54.2. The van der Waals surface area contributed by atoms with Gasteiger partial charge in [-0.2, -0.15) is 0 Å². The average molecular weight is 1200 g/mol. The second-order valence-corrected chi connectivity index (χ2v) is 27.3. The number of aliphatic hydroxyl groups excluding tert-OH is 1. The Bertz CT molecular complexity index is 1630. The molecule has 0 aliphatic rings. The van der Waals surface area contributed by atoms with Gasteiger partial charge in [0.1, 0.15) is 19.3 Å². The molecule has 0 aromatic carbocycles. The highest BCUT2D eigenvalue weighted by Crippen LogP contribution is 2.45. The van der Waals surface area contributed by atoms with Crippen LogP contribution in [0.15, 0.2) is 0 Å². The minimum absolute atomic E-state index is 0.102. The predicted octanol–water partition coefficient (Wildman–Crippen LogP) is 16.6. The summed E-state index contributed by atoms with van der Waals surface area (Å²) < 4.78 is 67.8. The number of ether oxygens (including phenoxy) is 4. The summed E-state index contributed by atoms with van der Waals surface area (Å²) in [4.78, 5) is 72.0. The largest absolute Gasteiger partial charge is 0.472 e. The number of esters is 4. The maximum Gasteiger partial charge on any atom is 0.472 e. The first-order valence-electron chi connectivity index (χ1n) is 32.2. The van der Waals surface area contributed by atoms with E-state index >= 15 is 0 Å². The molecule has 19 heteroatoms. The lowest BCUT2D eigenvalue weighted by Crippen LogP contribution is -2.30. The lowest BCUT2D eigenvalue weighted by molar-refractivity contribution is -0.161. The van der Waals surface area contributed by atoms with Crippen LogP contribution in [0.4, 0.5) is 0 Å². The van der Waals surface area contributed by atoms with E-state index in [2.05, 4.69) is 55.4 Å². The zero-order chi connectivity index (χ0) is 60.4. The van der Waals surface area contributed by atoms with Gasteiger partial charge in [0.15, 0.2) is 12.2 Å². The van der Waals surface area contributed by atoms with Crippen molar-refractivity contribution >= 4 is 39.5 Å². The molecule has 0 bridgehead atoms. The molecule has 3 N–H and O–H groups in total. The Morgan fingerprint density at radius 2 is 0.519 bits per heavy atom. The third-order valence-electron chi connectivity index (χ3n) is 14.1. The fourth-order valence-corrected chi connectivity index (χ4v) is 10.7. The molecular formula is C62H120O17P2. The van der Waals surface area contributed by atoms with Crippen molar-refractivity contribution < 1.29 is 80.2 Å². The van der Waals surface area contributed by atoms with Crippen LogP contribution < -0.4 is 0 Å². The first kappa shape index (κ1) is 79.1. The number of aliphatic hydroxyl groups is 1. The fraction of sp³-hybridized carbons (Fsp3) is 0.935. The maximum absolute atomic E-state index is 12.9. The van der Waals surface area contributed by atoms with Gasteiger partial charge in [-0.1, -0.05) is 242 Å². The van der Waals surface area contributed by atoms with Crippen LogP contribution >= 0.6 is 15.6 Å². The molecule has 0 saturated carbocycles. The van der Waals surface area contributed by atoms with E-state index in [1.807, 2.05) is 0 Å². The van der Waals surface area contributed by atoms with Crippen molar-refractivity contribution in [2.75, 3.05) is 39.6 Å². The summed E-state index contributed by atoms with van der Waals surface area (Å²) in [5.74, 6) is 0.668. The van der Waals surface area contributed by atoms with Gasteiger partial charge < -0.3 is 33.8 Å². The highest BCUT2D eigenvalue weighted by Gasteiger charge is 2.30. The van der Waals surface area contributed by atoms with Crippen molar-refractivity contribution in [1.29, 1.82) is 0 Å². The molecule has 0 aromatic heterocycles. The van der Waals surface area contributed by atoms with E-state index in [-0.39, 0.29) is 25.7 Å². The molecule has 0 rings (SSSR count). The van der Waals surface area contributed by atoms with Crippen LogP contribution in [0.3, 0.4) is 0 Å². The third-order valence-corrected chi connectivity index (χ3v) is 16.0. The van der Waals surface area contributed by atoms with Gasteiger partial charge in [-0.3, -0.25) is 37.3 Å². The maximum atomic E-state index is 12.9. The number of rotatable bonds is 59. The van der Waals surface area contributed by atoms with E-state index in [1.54, 1.807) is 0 Å². The second kappa shape index (κ2) is 52.4. The fourth-order valence-electron chi connectivity index (χ4n) is 9.08. The Morgan fingerprint density at radius 1 is 0.309 bits per heavy atom. The number of phosphoric ester groups is 2. The Balaban J connectivity index is 5.24. The summed E-state index contributed by atoms with van der Waals surface area (Å²) in [5, 5.41) is 10.5. The zero-order valence-electron chi connectivity index (χ0n) is 52.4. The number of unbranched alkanes of at least 4 members (excludes halogenated alkanes) is 25. The van der Waals surface area contributed by atoms with Crippen LogP contribution in [0, 0.1) is 23.7 Å². The van der Waals surface area contributed by atoms with Gasteiger partial charge in [0.05, 0.1) is 26.4 Å². The van der Waals surface area contributed by atoms with E-state index in [9.17, 15) is 43.2 Å². The van der Waals surface area contributed by atoms with Gasteiger partial charge in [0.2, 0.25) is 0 Å². The average Bonchev–Trinajstić information content (AvgIpc) is 3.39. The van der Waals surface area contributed by atoms with E-state index in [1.165, 1.54) is 89.9 Å². The smallest absolute Gasteiger partial charge is 0.462 e. The van der Waals surface area contributed by atoms with Crippen LogP contribution in [0.2, 0.25) is 0 Å². The van der Waals surface area contributed by atoms with Crippen molar-refractivity contribution in [2.45, 2.75) is 311 Å². The molecule has 0 saturated heterocycles. The summed E-state index contributed by atoms with van der Waals surface area (Å²) in [6.45, 7) is 13.8. The first-order chi connectivity index (χ1) is 38.6. The van der Waals surface area contributed by atoms with Crippen molar-refractivity contribution in [1.82, 2.24) is 0 Å². The van der Waals surface area contributed by atoms with Crippen molar-refractivity contribution in [2.24, 2.45) is 23.7 Å². The lowest BCUT2D eigenvalue weighted by atomic mass is 10.0. The van der Waals surface area contributed by atoms with Crippen LogP contribution in [0.1, 0.15) is 293 Å². The van der Waals surface area contributed by atoms with Gasteiger partial charge in [-0.25, -0.2) is 9.13 Å². The third kappa shape index (κ3) is 56.9. The molecular weight excluding hydrogens is 1080 g/mol. The molecule has 2 unspecified atom stereocenters. The Hall–Kier alpha value is -1.94. The van der Waals surface area contributed by atoms with Crippen molar-refractivity contribution in [3.63, 3.8) is 0 Å². The van der Waals surface area contributed by atoms with Gasteiger partial charge >= 0.3 is 39.5 Å². The molecule has 0 fully saturated rings. The topological polar surface area (TPSA) is 237 Å². The van der Waals surface area contributed by atoms with E-state index in [4.69, 9.17) is 37.0 Å². The highest BCUT2D eigenvalue weighted by molar-refractivity contribution is 7.47. The van der Waals surface area contributed by atoms with E-state index in [0.717, 1.165) is 102 Å². The molecule has 0 radical (unpaired) electrons. The molecule has 0 amide bonds. The molecule has 17 nitrogen and oxygen atoms in total. The van der Waals surface area contributed by atoms with Gasteiger partial charge in [0, 0.05) is 25.7 Å². The first-order valence-corrected chi connectivity index (χ1v) is 35.2. The Morgan fingerprint density at radius 3 is 0.765 bits per heavy atom. The summed E-state index contributed by atoms with van der Waals surface area (Å²) in [7, 11) is -9.88. The summed E-state index contributed by atoms with van der Waals surface area (Å²) in [5.41, 5.74) is 0. The standard InChI is InChI=1S/C62H120O17P2/c1-52(2)38-30-22-14-10-9-11-17-26-34-42-59(64)72-48-57(78-61(66)44-36-28-18-12-15-23-31-39-53(3)4)50-76-80(68,69)74-46-56(63)47-75-81(70,71)77-51-58(49-73-60(65)43-35-27-21-20-25-33-41-55(7)8)79-62(67)45-37-29-19-13-16-24-32-40-54(5)6/h52-58,63H,9-51H2,1-8H3,(H,68,69)(H,70,71)/t56-,57-,58-/m1/s1. The number of carbonyl (C=O) groups excluding carboxylic acids is 4. The summed E-state index contributed by atoms with van der Waals surface area (Å²) in [6, 6.07) is 0. The molecule has 5 atom stereocenters. The number of carbonyl (C=O) groups is 4. The van der Waals surface area contributed by atoms with Crippen LogP contribution in [-0.2, 0) is 65.4 Å². The van der Waals surface area contributed by atoms with Crippen LogP contribution in [0.5, 0.6) is 0 Å². The van der Waals surface area contributed by atoms with Crippen LogP contribution in [-0.4, -0.2) is 96.7 Å². The number of phosphoric acid groups is 2. The van der Waals surface area contributed by atoms with Crippen molar-refractivity contribution in [3.8, 4) is 0 Å². The van der Waals surface area contributed by atoms with E-state index in [0.29, 0.717) is 43.4 Å². The normalized spacial score (nSPS) is 14.5. The monoisotopic (exact) mass is 1200 g/mol. The number of hydrogen-bond donors (Lipinski definition) is 3. The number of hydrogen-bond acceptors (Lipinski definition) is 15. The molecule has 0 heterocycles. The van der Waals surface area contributed by atoms with Crippen LogP contribution in [0.25, 0.3) is 0 Å².